The summed E-state index contributed by atoms with van der Waals surface area (Å²) in [4.78, 5) is 23.1. The molecule has 0 aliphatic carbocycles. The number of imidazole rings is 1. The summed E-state index contributed by atoms with van der Waals surface area (Å²) in [7, 11) is 0. The number of ether oxygens (including phenoxy) is 1. The van der Waals surface area contributed by atoms with Gasteiger partial charge in [-0.3, -0.25) is 0 Å². The van der Waals surface area contributed by atoms with Gasteiger partial charge in [0.2, 0.25) is 0 Å². The third kappa shape index (κ3) is 4.60. The second-order valence-electron chi connectivity index (χ2n) is 6.74. The predicted molar refractivity (Wildman–Crippen MR) is 108 cm³/mol. The summed E-state index contributed by atoms with van der Waals surface area (Å²) in [6.07, 6.45) is 4.04. The van der Waals surface area contributed by atoms with E-state index in [0.717, 1.165) is 5.32 Å². The van der Waals surface area contributed by atoms with E-state index in [-0.39, 0.29) is 17.7 Å². The van der Waals surface area contributed by atoms with Crippen LogP contribution in [0.5, 0.6) is 0 Å². The molecule has 8 N–H and O–H groups in total. The van der Waals surface area contributed by atoms with E-state index in [9.17, 15) is 15.0 Å². The Balaban J connectivity index is 1.76. The maximum absolute atomic E-state index is 11.0. The molecule has 0 saturated carbocycles. The van der Waals surface area contributed by atoms with Crippen molar-refractivity contribution in [2.75, 3.05) is 11.5 Å². The number of hydrogen-bond acceptors (Lipinski definition) is 9. The van der Waals surface area contributed by atoms with Gasteiger partial charge in [0.1, 0.15) is 0 Å². The third-order valence-electron chi connectivity index (χ3n) is 4.62. The number of nitrogen functional groups attached to an aromatic ring is 2. The molecular formula is C17H24N7O4Se+. The molecule has 2 aromatic heterocycles. The number of primary amides is 1. The molecule has 1 saturated heterocycles. The molecule has 29 heavy (non-hydrogen) atoms. The molecule has 12 heteroatoms. The number of amides is 1. The van der Waals surface area contributed by atoms with Crippen molar-refractivity contribution in [1.82, 2.24) is 19.5 Å². The van der Waals surface area contributed by atoms with E-state index in [1.807, 2.05) is 0 Å². The summed E-state index contributed by atoms with van der Waals surface area (Å²) in [6, 6.07) is 0. The number of nitrogens with two attached hydrogens (primary N) is 3. The van der Waals surface area contributed by atoms with Gasteiger partial charge in [-0.25, -0.2) is 0 Å². The van der Waals surface area contributed by atoms with Crippen LogP contribution in [0.15, 0.2) is 6.33 Å². The van der Waals surface area contributed by atoms with Gasteiger partial charge in [0.05, 0.1) is 0 Å². The van der Waals surface area contributed by atoms with E-state index in [1.165, 1.54) is 10.9 Å². The van der Waals surface area contributed by atoms with Crippen molar-refractivity contribution in [3.8, 4) is 12.3 Å². The second kappa shape index (κ2) is 8.94. The van der Waals surface area contributed by atoms with Crippen LogP contribution in [-0.2, 0) is 9.53 Å². The minimum absolute atomic E-state index is 0.0310. The normalized spacial score (nSPS) is 25.1. The minimum atomic E-state index is -1.36. The Morgan fingerprint density at radius 3 is 2.79 bits per heavy atom. The Hall–Kier alpha value is -2.42. The van der Waals surface area contributed by atoms with Crippen LogP contribution in [0.3, 0.4) is 0 Å². The van der Waals surface area contributed by atoms with Crippen molar-refractivity contribution in [3.63, 3.8) is 0 Å². The zero-order chi connectivity index (χ0) is 21.1. The van der Waals surface area contributed by atoms with Gasteiger partial charge in [-0.15, -0.1) is 0 Å². The number of aliphatic hydroxyl groups is 2. The first-order chi connectivity index (χ1) is 13.8. The molecular weight excluding hydrogens is 445 g/mol. The predicted octanol–water partition coefficient (Wildman–Crippen LogP) is -0.997. The van der Waals surface area contributed by atoms with Gasteiger partial charge in [-0.1, -0.05) is 0 Å². The number of anilines is 2. The van der Waals surface area contributed by atoms with Crippen molar-refractivity contribution in [2.45, 2.75) is 53.3 Å². The number of carbonyl (C=O) groups excluding carboxylic acids is 1. The molecule has 5 atom stereocenters. The van der Waals surface area contributed by atoms with Crippen LogP contribution in [-0.4, -0.2) is 67.9 Å². The van der Waals surface area contributed by atoms with Crippen molar-refractivity contribution >= 4 is 42.7 Å². The standard InChI is InChI=1S/C17H23N7O4Se/c1-2-5-29(6-3-4-10(18)25)7-9-12(26)13(27)16(28-9)24-8-21-11-14(19)22-17(20)23-15(11)24/h1,8-9,12-13,16,26-27H,3-7H2,(H5-,18,19,20,22,23,25)/p+1/t9-,12-,13-,16-,29?/m1/s1. The SMILES string of the molecule is C#CC[Se+](CCCC(N)=O)C[C@H]1O[C@@H](n2cnc3c(N)nc(N)nc32)[C@H](O)[C@@H]1O. The maximum atomic E-state index is 11.0. The fourth-order valence-corrected chi connectivity index (χ4v) is 7.36. The van der Waals surface area contributed by atoms with Crippen LogP contribution in [0.1, 0.15) is 19.1 Å². The van der Waals surface area contributed by atoms with Crippen LogP contribution in [0.25, 0.3) is 11.2 Å². The van der Waals surface area contributed by atoms with Crippen molar-refractivity contribution < 1.29 is 19.7 Å². The Bertz CT molecular complexity index is 930. The number of carbonyl (C=O) groups is 1. The molecule has 0 radical (unpaired) electrons. The van der Waals surface area contributed by atoms with Gasteiger partial charge in [-0.05, 0) is 0 Å². The van der Waals surface area contributed by atoms with Gasteiger partial charge in [0.25, 0.3) is 0 Å². The molecule has 1 fully saturated rings. The zero-order valence-corrected chi connectivity index (χ0v) is 17.4. The average molecular weight is 469 g/mol. The number of hydrogen-bond donors (Lipinski definition) is 5. The Morgan fingerprint density at radius 2 is 2.10 bits per heavy atom. The fraction of sp³-hybridized carbons (Fsp3) is 0.529. The van der Waals surface area contributed by atoms with Gasteiger partial charge in [-0.2, -0.15) is 0 Å². The Morgan fingerprint density at radius 1 is 1.34 bits per heavy atom. The van der Waals surface area contributed by atoms with E-state index in [0.29, 0.717) is 34.6 Å². The summed E-state index contributed by atoms with van der Waals surface area (Å²) in [6.45, 7) is 0. The molecule has 3 rings (SSSR count). The zero-order valence-electron chi connectivity index (χ0n) is 15.6. The first-order valence-corrected chi connectivity index (χ1v) is 12.6. The molecule has 0 aromatic carbocycles. The fourth-order valence-electron chi connectivity index (χ4n) is 3.25. The first-order valence-electron chi connectivity index (χ1n) is 8.94. The van der Waals surface area contributed by atoms with Crippen molar-refractivity contribution in [1.29, 1.82) is 0 Å². The second-order valence-corrected chi connectivity index (χ2v) is 11.5. The molecule has 1 amide bonds. The van der Waals surface area contributed by atoms with Crippen LogP contribution < -0.4 is 17.2 Å². The van der Waals surface area contributed by atoms with E-state index < -0.39 is 38.4 Å². The number of fused-ring (bicyclic) bond motifs is 1. The summed E-state index contributed by atoms with van der Waals surface area (Å²) in [5.74, 6) is 2.40. The third-order valence-corrected chi connectivity index (χ3v) is 9.32. The summed E-state index contributed by atoms with van der Waals surface area (Å²) in [5.41, 5.74) is 17.3. The van der Waals surface area contributed by atoms with E-state index in [1.54, 1.807) is 0 Å². The molecule has 3 heterocycles. The van der Waals surface area contributed by atoms with Gasteiger partial charge in [0.15, 0.2) is 0 Å². The van der Waals surface area contributed by atoms with Gasteiger partial charge >= 0.3 is 171 Å². The van der Waals surface area contributed by atoms with E-state index in [2.05, 4.69) is 20.9 Å². The van der Waals surface area contributed by atoms with Gasteiger partial charge < -0.3 is 0 Å². The molecule has 0 spiro atoms. The molecule has 2 aromatic rings. The summed E-state index contributed by atoms with van der Waals surface area (Å²) >= 11 is -1.36. The Kier molecular flexibility index (Phi) is 6.56. The van der Waals surface area contributed by atoms with Crippen molar-refractivity contribution in [2.24, 2.45) is 5.73 Å². The quantitative estimate of drug-likeness (QED) is 0.239. The van der Waals surface area contributed by atoms with Crippen LogP contribution >= 0.6 is 0 Å². The monoisotopic (exact) mass is 470 g/mol. The number of aromatic nitrogens is 4. The van der Waals surface area contributed by atoms with Crippen molar-refractivity contribution in [3.05, 3.63) is 6.33 Å². The number of nitrogens with zero attached hydrogens (tertiary/aromatic N) is 4. The van der Waals surface area contributed by atoms with Crippen LogP contribution in [0.2, 0.25) is 16.0 Å². The van der Waals surface area contributed by atoms with Crippen LogP contribution in [0, 0.1) is 12.3 Å². The molecule has 0 bridgehead atoms. The van der Waals surface area contributed by atoms with E-state index >= 15 is 0 Å². The number of aliphatic hydroxyl groups excluding tert-OH is 2. The van der Waals surface area contributed by atoms with Gasteiger partial charge in [0, 0.05) is 0 Å². The number of terminal acetylenes is 1. The molecule has 1 unspecified atom stereocenters. The Labute approximate surface area is 171 Å². The van der Waals surface area contributed by atoms with E-state index in [4.69, 9.17) is 28.4 Å². The van der Waals surface area contributed by atoms with Crippen LogP contribution in [0.4, 0.5) is 11.8 Å². The summed E-state index contributed by atoms with van der Waals surface area (Å²) < 4.78 is 7.46. The summed E-state index contributed by atoms with van der Waals surface area (Å²) in [5, 5.41) is 23.0. The first kappa shape index (κ1) is 21.3. The molecule has 1 aliphatic rings. The number of rotatable bonds is 8. The topological polar surface area (TPSA) is 188 Å². The molecule has 156 valence electrons. The molecule has 11 nitrogen and oxygen atoms in total. The average Bonchev–Trinajstić information content (AvgIpc) is 3.18. The molecule has 1 aliphatic heterocycles.